The number of benzene rings is 1. The Balaban J connectivity index is 2.67. The van der Waals surface area contributed by atoms with Crippen LogP contribution in [-0.4, -0.2) is 19.7 Å². The van der Waals surface area contributed by atoms with Crippen LogP contribution in [-0.2, 0) is 0 Å². The van der Waals surface area contributed by atoms with Crippen LogP contribution in [0.4, 0.5) is 8.78 Å². The van der Waals surface area contributed by atoms with E-state index in [-0.39, 0.29) is 18.4 Å². The summed E-state index contributed by atoms with van der Waals surface area (Å²) in [7, 11) is 1.80. The molecule has 1 aromatic rings. The molecule has 0 bridgehead atoms. The molecule has 0 aromatic heterocycles. The Bertz CT molecular complexity index is 322. The molecule has 2 nitrogen and oxygen atoms in total. The molecule has 1 atom stereocenters. The second kappa shape index (κ2) is 5.80. The summed E-state index contributed by atoms with van der Waals surface area (Å²) in [5, 5.41) is 3.04. The first-order valence-corrected chi connectivity index (χ1v) is 5.30. The molecular formula is C12H17F2NO. The van der Waals surface area contributed by atoms with Gasteiger partial charge in [0.2, 0.25) is 0 Å². The van der Waals surface area contributed by atoms with Crippen molar-refractivity contribution >= 4 is 0 Å². The average Bonchev–Trinajstić information content (AvgIpc) is 2.22. The first-order chi connectivity index (χ1) is 7.56. The van der Waals surface area contributed by atoms with Gasteiger partial charge in [-0.15, -0.1) is 0 Å². The molecule has 0 aliphatic carbocycles. The standard InChI is InChI=1S/C12H17F2NO/c1-8(2)11(15-3)7-16-12-9(13)5-4-6-10(12)14/h4-6,8,11,15H,7H2,1-3H3. The number of para-hydroxylation sites is 1. The fourth-order valence-corrected chi connectivity index (χ4v) is 1.40. The minimum Gasteiger partial charge on any atom is -0.486 e. The van der Waals surface area contributed by atoms with E-state index in [1.54, 1.807) is 7.05 Å². The fourth-order valence-electron chi connectivity index (χ4n) is 1.40. The van der Waals surface area contributed by atoms with Gasteiger partial charge in [-0.05, 0) is 25.1 Å². The lowest BCUT2D eigenvalue weighted by Crippen LogP contribution is -2.36. The first-order valence-electron chi connectivity index (χ1n) is 5.30. The molecule has 0 saturated heterocycles. The zero-order chi connectivity index (χ0) is 12.1. The summed E-state index contributed by atoms with van der Waals surface area (Å²) in [6.07, 6.45) is 0. The summed E-state index contributed by atoms with van der Waals surface area (Å²) in [5.41, 5.74) is 0. The summed E-state index contributed by atoms with van der Waals surface area (Å²) >= 11 is 0. The average molecular weight is 229 g/mol. The van der Waals surface area contributed by atoms with E-state index in [0.29, 0.717) is 5.92 Å². The second-order valence-corrected chi connectivity index (χ2v) is 4.00. The monoisotopic (exact) mass is 229 g/mol. The fraction of sp³-hybridized carbons (Fsp3) is 0.500. The van der Waals surface area contributed by atoms with Crippen LogP contribution in [0.15, 0.2) is 18.2 Å². The van der Waals surface area contributed by atoms with Crippen molar-refractivity contribution < 1.29 is 13.5 Å². The quantitative estimate of drug-likeness (QED) is 0.838. The van der Waals surface area contributed by atoms with Crippen molar-refractivity contribution in [3.05, 3.63) is 29.8 Å². The molecule has 1 rings (SSSR count). The van der Waals surface area contributed by atoms with Crippen LogP contribution in [0.5, 0.6) is 5.75 Å². The third-order valence-corrected chi connectivity index (χ3v) is 2.50. The van der Waals surface area contributed by atoms with E-state index in [4.69, 9.17) is 4.74 Å². The molecule has 4 heteroatoms. The van der Waals surface area contributed by atoms with E-state index < -0.39 is 11.6 Å². The van der Waals surface area contributed by atoms with Crippen molar-refractivity contribution in [1.29, 1.82) is 0 Å². The minimum atomic E-state index is -0.668. The summed E-state index contributed by atoms with van der Waals surface area (Å²) < 4.78 is 31.6. The topological polar surface area (TPSA) is 21.3 Å². The van der Waals surface area contributed by atoms with Crippen LogP contribution in [0.1, 0.15) is 13.8 Å². The molecule has 1 aromatic carbocycles. The molecule has 90 valence electrons. The molecule has 0 heterocycles. The summed E-state index contributed by atoms with van der Waals surface area (Å²) in [5.74, 6) is -1.31. The van der Waals surface area contributed by atoms with Crippen LogP contribution >= 0.6 is 0 Å². The Morgan fingerprint density at radius 3 is 2.25 bits per heavy atom. The summed E-state index contributed by atoms with van der Waals surface area (Å²) in [4.78, 5) is 0. The molecule has 0 amide bonds. The maximum atomic E-state index is 13.2. The molecule has 0 fully saturated rings. The van der Waals surface area contributed by atoms with Gasteiger partial charge < -0.3 is 10.1 Å². The normalized spacial score (nSPS) is 12.9. The Morgan fingerprint density at radius 1 is 1.25 bits per heavy atom. The molecule has 16 heavy (non-hydrogen) atoms. The second-order valence-electron chi connectivity index (χ2n) is 4.00. The lowest BCUT2D eigenvalue weighted by atomic mass is 10.1. The van der Waals surface area contributed by atoms with E-state index in [2.05, 4.69) is 5.32 Å². The van der Waals surface area contributed by atoms with Gasteiger partial charge in [0.1, 0.15) is 6.61 Å². The molecule has 0 radical (unpaired) electrons. The van der Waals surface area contributed by atoms with Gasteiger partial charge in [0.15, 0.2) is 17.4 Å². The van der Waals surface area contributed by atoms with Crippen molar-refractivity contribution in [2.45, 2.75) is 19.9 Å². The van der Waals surface area contributed by atoms with Gasteiger partial charge in [-0.25, -0.2) is 8.78 Å². The highest BCUT2D eigenvalue weighted by molar-refractivity contribution is 5.26. The summed E-state index contributed by atoms with van der Waals surface area (Å²) in [6.45, 7) is 4.27. The van der Waals surface area contributed by atoms with Crippen molar-refractivity contribution in [1.82, 2.24) is 5.32 Å². The van der Waals surface area contributed by atoms with Crippen molar-refractivity contribution in [3.8, 4) is 5.75 Å². The first kappa shape index (κ1) is 12.9. The number of ether oxygens (including phenoxy) is 1. The number of hydrogen-bond donors (Lipinski definition) is 1. The van der Waals surface area contributed by atoms with Crippen LogP contribution in [0.2, 0.25) is 0 Å². The van der Waals surface area contributed by atoms with Crippen LogP contribution in [0, 0.1) is 17.6 Å². The van der Waals surface area contributed by atoms with E-state index >= 15 is 0 Å². The Morgan fingerprint density at radius 2 is 1.81 bits per heavy atom. The van der Waals surface area contributed by atoms with Gasteiger partial charge in [0, 0.05) is 6.04 Å². The zero-order valence-electron chi connectivity index (χ0n) is 9.76. The van der Waals surface area contributed by atoms with Crippen molar-refractivity contribution in [2.75, 3.05) is 13.7 Å². The van der Waals surface area contributed by atoms with E-state index in [0.717, 1.165) is 0 Å². The molecule has 0 aliphatic heterocycles. The Kier molecular flexibility index (Phi) is 4.68. The maximum absolute atomic E-state index is 13.2. The number of likely N-dealkylation sites (N-methyl/N-ethyl adjacent to an activating group) is 1. The number of hydrogen-bond acceptors (Lipinski definition) is 2. The van der Waals surface area contributed by atoms with Gasteiger partial charge >= 0.3 is 0 Å². The highest BCUT2D eigenvalue weighted by Crippen LogP contribution is 2.21. The highest BCUT2D eigenvalue weighted by Gasteiger charge is 2.15. The van der Waals surface area contributed by atoms with E-state index in [1.807, 2.05) is 13.8 Å². The Labute approximate surface area is 94.6 Å². The zero-order valence-corrected chi connectivity index (χ0v) is 9.76. The lowest BCUT2D eigenvalue weighted by Gasteiger charge is -2.20. The van der Waals surface area contributed by atoms with Crippen molar-refractivity contribution in [3.63, 3.8) is 0 Å². The van der Waals surface area contributed by atoms with Gasteiger partial charge in [0.25, 0.3) is 0 Å². The van der Waals surface area contributed by atoms with Gasteiger partial charge in [-0.2, -0.15) is 0 Å². The van der Waals surface area contributed by atoms with Crippen LogP contribution < -0.4 is 10.1 Å². The smallest absolute Gasteiger partial charge is 0.190 e. The number of halogens is 2. The highest BCUT2D eigenvalue weighted by atomic mass is 19.1. The van der Waals surface area contributed by atoms with E-state index in [1.165, 1.54) is 18.2 Å². The molecule has 0 spiro atoms. The minimum absolute atomic E-state index is 0.0685. The lowest BCUT2D eigenvalue weighted by molar-refractivity contribution is 0.221. The number of rotatable bonds is 5. The van der Waals surface area contributed by atoms with Gasteiger partial charge in [-0.1, -0.05) is 19.9 Å². The predicted octanol–water partition coefficient (Wildman–Crippen LogP) is 2.59. The molecule has 0 aliphatic rings. The van der Waals surface area contributed by atoms with Crippen LogP contribution in [0.3, 0.4) is 0 Å². The van der Waals surface area contributed by atoms with Crippen LogP contribution in [0.25, 0.3) is 0 Å². The maximum Gasteiger partial charge on any atom is 0.190 e. The molecule has 1 unspecified atom stereocenters. The third kappa shape index (κ3) is 3.17. The SMILES string of the molecule is CNC(COc1c(F)cccc1F)C(C)C. The largest absolute Gasteiger partial charge is 0.486 e. The third-order valence-electron chi connectivity index (χ3n) is 2.50. The number of nitrogens with one attached hydrogen (secondary N) is 1. The van der Waals surface area contributed by atoms with Crippen molar-refractivity contribution in [2.24, 2.45) is 5.92 Å². The van der Waals surface area contributed by atoms with E-state index in [9.17, 15) is 8.78 Å². The van der Waals surface area contributed by atoms with Gasteiger partial charge in [0.05, 0.1) is 0 Å². The molecule has 1 N–H and O–H groups in total. The summed E-state index contributed by atoms with van der Waals surface area (Å²) in [6, 6.07) is 3.75. The Hall–Kier alpha value is -1.16. The molecular weight excluding hydrogens is 212 g/mol. The predicted molar refractivity (Wildman–Crippen MR) is 59.5 cm³/mol. The molecule has 0 saturated carbocycles. The van der Waals surface area contributed by atoms with Gasteiger partial charge in [-0.3, -0.25) is 0 Å².